The molecule has 0 aliphatic carbocycles. The molecule has 2 heterocycles. The number of aromatic nitrogens is 1. The second-order valence-electron chi connectivity index (χ2n) is 8.69. The molecule has 3 aromatic rings. The van der Waals surface area contributed by atoms with E-state index in [2.05, 4.69) is 9.88 Å². The van der Waals surface area contributed by atoms with Gasteiger partial charge in [0.05, 0.1) is 29.7 Å². The molecule has 0 radical (unpaired) electrons. The van der Waals surface area contributed by atoms with Crippen LogP contribution in [0, 0.1) is 6.92 Å². The highest BCUT2D eigenvalue weighted by atomic mass is 32.2. The van der Waals surface area contributed by atoms with Gasteiger partial charge in [0.25, 0.3) is 10.1 Å². The Hall–Kier alpha value is -3.35. The van der Waals surface area contributed by atoms with E-state index in [0.717, 1.165) is 23.4 Å². The summed E-state index contributed by atoms with van der Waals surface area (Å²) in [6, 6.07) is 14.7. The molecule has 3 N–H and O–H groups in total. The summed E-state index contributed by atoms with van der Waals surface area (Å²) < 4.78 is 41.0. The molecule has 1 aliphatic rings. The van der Waals surface area contributed by atoms with Crippen LogP contribution < -0.4 is 4.74 Å². The molecule has 1 aromatic heterocycles. The number of carbonyl (C=O) groups excluding carboxylic acids is 1. The van der Waals surface area contributed by atoms with Gasteiger partial charge in [0.15, 0.2) is 6.29 Å². The fourth-order valence-electron chi connectivity index (χ4n) is 3.89. The average molecular weight is 545 g/mol. The van der Waals surface area contributed by atoms with Gasteiger partial charge in [-0.2, -0.15) is 8.42 Å². The number of hydrogen-bond donors (Lipinski definition) is 3. The molecule has 4 rings (SSSR count). The predicted octanol–water partition coefficient (Wildman–Crippen LogP) is 2.66. The van der Waals surface area contributed by atoms with Gasteiger partial charge in [-0.15, -0.1) is 0 Å². The third-order valence-electron chi connectivity index (χ3n) is 5.97. The number of benzene rings is 2. The van der Waals surface area contributed by atoms with Crippen LogP contribution in [-0.2, 0) is 27.8 Å². The fourth-order valence-corrected chi connectivity index (χ4v) is 4.37. The van der Waals surface area contributed by atoms with Crippen molar-refractivity contribution in [3.05, 3.63) is 83.2 Å². The van der Waals surface area contributed by atoms with Gasteiger partial charge in [-0.25, -0.2) is 0 Å². The van der Waals surface area contributed by atoms with E-state index in [1.165, 1.54) is 18.2 Å². The molecule has 38 heavy (non-hydrogen) atoms. The Morgan fingerprint density at radius 2 is 1.92 bits per heavy atom. The lowest BCUT2D eigenvalue weighted by molar-refractivity contribution is -0.0276. The van der Waals surface area contributed by atoms with E-state index in [1.807, 2.05) is 19.1 Å². The van der Waals surface area contributed by atoms with Crippen molar-refractivity contribution in [3.63, 3.8) is 0 Å². The highest BCUT2D eigenvalue weighted by molar-refractivity contribution is 7.85. The first-order chi connectivity index (χ1) is 18.2. The van der Waals surface area contributed by atoms with Gasteiger partial charge in [0, 0.05) is 38.0 Å². The van der Waals surface area contributed by atoms with Crippen LogP contribution >= 0.6 is 0 Å². The third kappa shape index (κ3) is 8.33. The van der Waals surface area contributed by atoms with E-state index in [1.54, 1.807) is 30.5 Å². The van der Waals surface area contributed by atoms with E-state index >= 15 is 0 Å². The Labute approximate surface area is 222 Å². The second-order valence-corrected chi connectivity index (χ2v) is 10.1. The Morgan fingerprint density at radius 3 is 2.61 bits per heavy atom. The van der Waals surface area contributed by atoms with Crippen LogP contribution in [-0.4, -0.2) is 78.4 Å². The molecule has 11 heteroatoms. The average Bonchev–Trinajstić information content (AvgIpc) is 2.89. The molecule has 1 fully saturated rings. The summed E-state index contributed by atoms with van der Waals surface area (Å²) in [5.41, 5.74) is 3.07. The van der Waals surface area contributed by atoms with E-state index < -0.39 is 10.1 Å². The predicted molar refractivity (Wildman–Crippen MR) is 140 cm³/mol. The number of aliphatic hydroxyl groups is 1. The Morgan fingerprint density at radius 1 is 1.16 bits per heavy atom. The first-order valence-corrected chi connectivity index (χ1v) is 13.5. The Bertz CT molecular complexity index is 1300. The lowest BCUT2D eigenvalue weighted by atomic mass is 10.1. The molecule has 0 bridgehead atoms. The van der Waals surface area contributed by atoms with Crippen LogP contribution in [0.2, 0.25) is 0 Å². The molecule has 2 aromatic carbocycles. The summed E-state index contributed by atoms with van der Waals surface area (Å²) in [6.07, 6.45) is 2.85. The topological polar surface area (TPSA) is 146 Å². The quantitative estimate of drug-likeness (QED) is 0.271. The van der Waals surface area contributed by atoms with Crippen LogP contribution in [0.4, 0.5) is 0 Å². The van der Waals surface area contributed by atoms with E-state index in [0.29, 0.717) is 44.8 Å². The smallest absolute Gasteiger partial charge is 0.294 e. The number of ether oxygens (including phenoxy) is 2. The van der Waals surface area contributed by atoms with E-state index in [-0.39, 0.29) is 28.9 Å². The normalized spacial score (nSPS) is 15.8. The molecule has 1 atom stereocenters. The molecular weight excluding hydrogens is 512 g/mol. The summed E-state index contributed by atoms with van der Waals surface area (Å²) in [4.78, 5) is 17.8. The summed E-state index contributed by atoms with van der Waals surface area (Å²) in [7, 11) is -4.02. The molecule has 1 aliphatic heterocycles. The zero-order valence-electron chi connectivity index (χ0n) is 21.1. The number of rotatable bonds is 9. The Balaban J connectivity index is 0.000000304. The van der Waals surface area contributed by atoms with Crippen molar-refractivity contribution >= 4 is 16.4 Å². The maximum Gasteiger partial charge on any atom is 0.294 e. The van der Waals surface area contributed by atoms with Crippen LogP contribution in [0.1, 0.15) is 27.2 Å². The van der Waals surface area contributed by atoms with Crippen LogP contribution in [0.5, 0.6) is 11.5 Å². The van der Waals surface area contributed by atoms with Gasteiger partial charge in [0.1, 0.15) is 18.1 Å². The van der Waals surface area contributed by atoms with Gasteiger partial charge < -0.3 is 19.7 Å². The van der Waals surface area contributed by atoms with E-state index in [9.17, 15) is 23.4 Å². The van der Waals surface area contributed by atoms with E-state index in [4.69, 9.17) is 14.0 Å². The van der Waals surface area contributed by atoms with Crippen molar-refractivity contribution in [2.75, 3.05) is 33.0 Å². The van der Waals surface area contributed by atoms with Crippen molar-refractivity contribution < 1.29 is 37.5 Å². The first-order valence-electron chi connectivity index (χ1n) is 12.0. The molecule has 0 saturated carbocycles. The molecule has 0 spiro atoms. The lowest BCUT2D eigenvalue weighted by Crippen LogP contribution is -2.48. The third-order valence-corrected chi connectivity index (χ3v) is 6.83. The molecular formula is C27H32N2O8S. The summed E-state index contributed by atoms with van der Waals surface area (Å²) in [5, 5.41) is 19.0. The standard InChI is InChI=1S/C20H24N2O5.C7H8O3S/c23-9-6-18-15(3-2-7-21-18)11-22-8-10-26-13-16(22)14-27-20-5-1-4-19(25)17(20)12-24;1-6-2-4-7(5-3-6)11(8,9)10/h1-5,7,12,16,23,25H,6,8-11,13-14H2;2-5H,1H3,(H,8,9,10)/t16-;/m0./s1. The van der Waals surface area contributed by atoms with Crippen molar-refractivity contribution in [2.24, 2.45) is 0 Å². The molecule has 0 unspecified atom stereocenters. The number of phenolic OH excluding ortho intramolecular Hbond substituents is 1. The van der Waals surface area contributed by atoms with Crippen molar-refractivity contribution in [3.8, 4) is 11.5 Å². The SMILES string of the molecule is Cc1ccc(S(=O)(=O)O)cc1.O=Cc1c(O)cccc1OC[C@@H]1COCCN1Cc1cccnc1CCO. The molecule has 0 amide bonds. The minimum absolute atomic E-state index is 0.00258. The number of aryl methyl sites for hydroxylation is 1. The number of nitrogens with zero attached hydrogens (tertiary/aromatic N) is 2. The van der Waals surface area contributed by atoms with Crippen LogP contribution in [0.3, 0.4) is 0 Å². The first kappa shape index (κ1) is 29.2. The minimum Gasteiger partial charge on any atom is -0.507 e. The van der Waals surface area contributed by atoms with Gasteiger partial charge in [-0.3, -0.25) is 19.2 Å². The zero-order valence-corrected chi connectivity index (χ0v) is 21.9. The van der Waals surface area contributed by atoms with Crippen molar-refractivity contribution in [1.82, 2.24) is 9.88 Å². The van der Waals surface area contributed by atoms with Crippen LogP contribution in [0.25, 0.3) is 0 Å². The number of carbonyl (C=O) groups is 1. The summed E-state index contributed by atoms with van der Waals surface area (Å²) in [6.45, 7) is 4.82. The maximum absolute atomic E-state index is 11.2. The summed E-state index contributed by atoms with van der Waals surface area (Å²) >= 11 is 0. The number of morpholine rings is 1. The molecule has 1 saturated heterocycles. The molecule has 204 valence electrons. The highest BCUT2D eigenvalue weighted by Crippen LogP contribution is 2.26. The summed E-state index contributed by atoms with van der Waals surface area (Å²) in [5.74, 6) is 0.265. The van der Waals surface area contributed by atoms with Gasteiger partial charge >= 0.3 is 0 Å². The Kier molecular flexibility index (Phi) is 10.7. The van der Waals surface area contributed by atoms with Gasteiger partial charge in [0.2, 0.25) is 0 Å². The highest BCUT2D eigenvalue weighted by Gasteiger charge is 2.25. The largest absolute Gasteiger partial charge is 0.507 e. The maximum atomic E-state index is 11.2. The second kappa shape index (κ2) is 14.0. The van der Waals surface area contributed by atoms with Gasteiger partial charge in [-0.05, 0) is 42.8 Å². The monoisotopic (exact) mass is 544 g/mol. The number of aromatic hydroxyl groups is 1. The number of aldehydes is 1. The number of hydrogen-bond acceptors (Lipinski definition) is 9. The number of pyridine rings is 1. The van der Waals surface area contributed by atoms with Crippen LogP contribution in [0.15, 0.2) is 65.7 Å². The number of aliphatic hydroxyl groups excluding tert-OH is 1. The van der Waals surface area contributed by atoms with Gasteiger partial charge in [-0.1, -0.05) is 29.8 Å². The zero-order chi connectivity index (χ0) is 27.5. The number of phenols is 1. The lowest BCUT2D eigenvalue weighted by Gasteiger charge is -2.35. The minimum atomic E-state index is -4.02. The molecule has 10 nitrogen and oxygen atoms in total. The fraction of sp³-hybridized carbons (Fsp3) is 0.333. The van der Waals surface area contributed by atoms with Crippen molar-refractivity contribution in [2.45, 2.75) is 30.8 Å². The van der Waals surface area contributed by atoms with Crippen molar-refractivity contribution in [1.29, 1.82) is 0 Å².